The molecule has 0 aliphatic carbocycles. The molecule has 1 aromatic rings. The zero-order valence-corrected chi connectivity index (χ0v) is 15.7. The highest BCUT2D eigenvalue weighted by Crippen LogP contribution is 2.38. The lowest BCUT2D eigenvalue weighted by atomic mass is 9.87. The Morgan fingerprint density at radius 1 is 1.37 bits per heavy atom. The maximum absolute atomic E-state index is 13.4. The van der Waals surface area contributed by atoms with E-state index in [9.17, 15) is 13.2 Å². The Bertz CT molecular complexity index is 685. The molecule has 1 unspecified atom stereocenters. The van der Waals surface area contributed by atoms with Crippen LogP contribution in [0.1, 0.15) is 30.9 Å². The molecular formula is C19H26F3N3O2. The van der Waals surface area contributed by atoms with E-state index in [-0.39, 0.29) is 23.3 Å². The lowest BCUT2D eigenvalue weighted by Crippen LogP contribution is -2.41. The van der Waals surface area contributed by atoms with Gasteiger partial charge in [0.1, 0.15) is 5.75 Å². The lowest BCUT2D eigenvalue weighted by molar-refractivity contribution is -0.138. The summed E-state index contributed by atoms with van der Waals surface area (Å²) in [7, 11) is 1.35. The van der Waals surface area contributed by atoms with Gasteiger partial charge in [0, 0.05) is 31.7 Å². The first-order chi connectivity index (χ1) is 12.9. The number of hydrogen-bond acceptors (Lipinski definition) is 3. The standard InChI is InChI=1S/C19H26F3N3O2/c1-3-23-17(25-8-6-18(12-25)7-9-27-13-18)24-11-14-4-5-15(26-2)10-16(14)19(20,21)22/h4-5,10H,3,6-9,11-13H2,1-2H3,(H,23,24). The van der Waals surface area contributed by atoms with Crippen LogP contribution in [-0.4, -0.2) is 50.8 Å². The van der Waals surface area contributed by atoms with E-state index in [1.807, 2.05) is 6.92 Å². The van der Waals surface area contributed by atoms with E-state index in [0.717, 1.165) is 45.2 Å². The van der Waals surface area contributed by atoms with E-state index in [2.05, 4.69) is 15.2 Å². The average molecular weight is 385 g/mol. The predicted octanol–water partition coefficient (Wildman–Crippen LogP) is 3.29. The van der Waals surface area contributed by atoms with Crippen LogP contribution in [-0.2, 0) is 17.5 Å². The van der Waals surface area contributed by atoms with Crippen molar-refractivity contribution in [3.63, 3.8) is 0 Å². The maximum Gasteiger partial charge on any atom is 0.416 e. The minimum absolute atomic E-state index is 0.0405. The Hall–Kier alpha value is -1.96. The zero-order chi connectivity index (χ0) is 19.5. The van der Waals surface area contributed by atoms with Gasteiger partial charge < -0.3 is 19.7 Å². The highest BCUT2D eigenvalue weighted by molar-refractivity contribution is 5.80. The van der Waals surface area contributed by atoms with Gasteiger partial charge in [-0.05, 0) is 37.5 Å². The van der Waals surface area contributed by atoms with Gasteiger partial charge in [-0.1, -0.05) is 6.07 Å². The quantitative estimate of drug-likeness (QED) is 0.638. The van der Waals surface area contributed by atoms with E-state index in [4.69, 9.17) is 9.47 Å². The van der Waals surface area contributed by atoms with Gasteiger partial charge in [0.25, 0.3) is 0 Å². The Morgan fingerprint density at radius 2 is 2.19 bits per heavy atom. The smallest absolute Gasteiger partial charge is 0.416 e. The fraction of sp³-hybridized carbons (Fsp3) is 0.632. The third kappa shape index (κ3) is 4.48. The van der Waals surface area contributed by atoms with E-state index in [1.54, 1.807) is 0 Å². The number of guanidine groups is 1. The topological polar surface area (TPSA) is 46.1 Å². The van der Waals surface area contributed by atoms with Crippen LogP contribution in [0.15, 0.2) is 23.2 Å². The van der Waals surface area contributed by atoms with Crippen LogP contribution in [0, 0.1) is 5.41 Å². The summed E-state index contributed by atoms with van der Waals surface area (Å²) in [5.41, 5.74) is -0.409. The number of methoxy groups -OCH3 is 1. The number of halogens is 3. The number of rotatable bonds is 4. The predicted molar refractivity (Wildman–Crippen MR) is 96.9 cm³/mol. The molecule has 0 bridgehead atoms. The summed E-state index contributed by atoms with van der Waals surface area (Å²) in [6.07, 6.45) is -2.40. The third-order valence-corrected chi connectivity index (χ3v) is 5.28. The van der Waals surface area contributed by atoms with Crippen molar-refractivity contribution >= 4 is 5.96 Å². The molecule has 3 rings (SSSR count). The number of aliphatic imine (C=N–C) groups is 1. The highest BCUT2D eigenvalue weighted by atomic mass is 19.4. The molecule has 27 heavy (non-hydrogen) atoms. The molecule has 2 aliphatic heterocycles. The van der Waals surface area contributed by atoms with Gasteiger partial charge in [0.2, 0.25) is 0 Å². The van der Waals surface area contributed by atoms with Crippen molar-refractivity contribution in [2.75, 3.05) is 40.0 Å². The first-order valence-electron chi connectivity index (χ1n) is 9.22. The molecule has 0 aromatic heterocycles. The fourth-order valence-corrected chi connectivity index (χ4v) is 3.76. The normalized spacial score (nSPS) is 23.3. The lowest BCUT2D eigenvalue weighted by Gasteiger charge is -2.25. The van der Waals surface area contributed by atoms with Gasteiger partial charge in [-0.3, -0.25) is 0 Å². The van der Waals surface area contributed by atoms with E-state index in [0.29, 0.717) is 12.5 Å². The van der Waals surface area contributed by atoms with Gasteiger partial charge in [-0.2, -0.15) is 13.2 Å². The minimum atomic E-state index is -4.45. The Kier molecular flexibility index (Phi) is 5.83. The molecule has 1 spiro atoms. The number of alkyl halides is 3. The van der Waals surface area contributed by atoms with E-state index >= 15 is 0 Å². The summed E-state index contributed by atoms with van der Waals surface area (Å²) in [6, 6.07) is 4.00. The van der Waals surface area contributed by atoms with Crippen LogP contribution in [0.4, 0.5) is 13.2 Å². The molecule has 2 saturated heterocycles. The van der Waals surface area contributed by atoms with Gasteiger partial charge in [-0.25, -0.2) is 4.99 Å². The molecule has 1 aromatic carbocycles. The van der Waals surface area contributed by atoms with Gasteiger partial charge in [0.05, 0.1) is 25.8 Å². The molecule has 2 heterocycles. The summed E-state index contributed by atoms with van der Waals surface area (Å²) in [4.78, 5) is 6.63. The van der Waals surface area contributed by atoms with E-state index < -0.39 is 11.7 Å². The highest BCUT2D eigenvalue weighted by Gasteiger charge is 2.42. The van der Waals surface area contributed by atoms with Crippen LogP contribution in [0.5, 0.6) is 5.75 Å². The molecule has 1 atom stereocenters. The zero-order valence-electron chi connectivity index (χ0n) is 15.7. The summed E-state index contributed by atoms with van der Waals surface area (Å²) in [5.74, 6) is 0.842. The van der Waals surface area contributed by atoms with Gasteiger partial charge in [0.15, 0.2) is 5.96 Å². The molecule has 0 amide bonds. The monoisotopic (exact) mass is 385 g/mol. The fourth-order valence-electron chi connectivity index (χ4n) is 3.76. The largest absolute Gasteiger partial charge is 0.497 e. The van der Waals surface area contributed by atoms with Crippen LogP contribution in [0.3, 0.4) is 0 Å². The van der Waals surface area contributed by atoms with Crippen LogP contribution in [0.25, 0.3) is 0 Å². The molecule has 2 aliphatic rings. The maximum atomic E-state index is 13.4. The van der Waals surface area contributed by atoms with Crippen LogP contribution < -0.4 is 10.1 Å². The number of likely N-dealkylation sites (tertiary alicyclic amines) is 1. The van der Waals surface area contributed by atoms with Crippen molar-refractivity contribution in [2.45, 2.75) is 32.5 Å². The van der Waals surface area contributed by atoms with Crippen molar-refractivity contribution in [2.24, 2.45) is 10.4 Å². The molecule has 5 nitrogen and oxygen atoms in total. The summed E-state index contributed by atoms with van der Waals surface area (Å²) < 4.78 is 50.7. The van der Waals surface area contributed by atoms with Gasteiger partial charge in [-0.15, -0.1) is 0 Å². The van der Waals surface area contributed by atoms with Crippen LogP contribution in [0.2, 0.25) is 0 Å². The summed E-state index contributed by atoms with van der Waals surface area (Å²) in [6.45, 7) is 5.77. The molecule has 1 N–H and O–H groups in total. The number of hydrogen-bond donors (Lipinski definition) is 1. The SMILES string of the molecule is CCNC(=NCc1ccc(OC)cc1C(F)(F)F)N1CCC2(CCOC2)C1. The third-order valence-electron chi connectivity index (χ3n) is 5.28. The number of benzene rings is 1. The molecule has 150 valence electrons. The van der Waals surface area contributed by atoms with Gasteiger partial charge >= 0.3 is 6.18 Å². The second kappa shape index (κ2) is 7.96. The Labute approximate surface area is 157 Å². The minimum Gasteiger partial charge on any atom is -0.497 e. The van der Waals surface area contributed by atoms with Crippen molar-refractivity contribution in [1.29, 1.82) is 0 Å². The summed E-state index contributed by atoms with van der Waals surface area (Å²) in [5, 5.41) is 3.21. The van der Waals surface area contributed by atoms with E-state index in [1.165, 1.54) is 19.2 Å². The number of ether oxygens (including phenoxy) is 2. The second-order valence-electron chi connectivity index (χ2n) is 7.17. The summed E-state index contributed by atoms with van der Waals surface area (Å²) >= 11 is 0. The van der Waals surface area contributed by atoms with Crippen molar-refractivity contribution in [3.05, 3.63) is 29.3 Å². The molecule has 0 radical (unpaired) electrons. The average Bonchev–Trinajstić information content (AvgIpc) is 3.28. The molecule has 0 saturated carbocycles. The van der Waals surface area contributed by atoms with Crippen molar-refractivity contribution in [1.82, 2.24) is 10.2 Å². The number of nitrogens with one attached hydrogen (secondary N) is 1. The molecule has 2 fully saturated rings. The second-order valence-corrected chi connectivity index (χ2v) is 7.17. The Morgan fingerprint density at radius 3 is 2.81 bits per heavy atom. The number of nitrogens with zero attached hydrogens (tertiary/aromatic N) is 2. The van der Waals surface area contributed by atoms with Crippen LogP contribution >= 0.6 is 0 Å². The van der Waals surface area contributed by atoms with Crippen molar-refractivity contribution in [3.8, 4) is 5.75 Å². The van der Waals surface area contributed by atoms with Crippen molar-refractivity contribution < 1.29 is 22.6 Å². The Balaban J connectivity index is 1.79. The first-order valence-corrected chi connectivity index (χ1v) is 9.22. The first kappa shape index (κ1) is 19.8. The molecular weight excluding hydrogens is 359 g/mol. The molecule has 8 heteroatoms.